The van der Waals surface area contributed by atoms with Gasteiger partial charge in [0.25, 0.3) is 0 Å². The molecule has 0 aliphatic heterocycles. The molecule has 0 radical (unpaired) electrons. The number of nitrogens with two attached hydrogens (primary N) is 1. The first-order valence-electron chi connectivity index (χ1n) is 3.73. The van der Waals surface area contributed by atoms with Crippen molar-refractivity contribution in [3.63, 3.8) is 0 Å². The molecule has 0 aliphatic rings. The first kappa shape index (κ1) is 8.47. The third-order valence-electron chi connectivity index (χ3n) is 1.83. The lowest BCUT2D eigenvalue weighted by Gasteiger charge is -2.05. The largest absolute Gasteiger partial charge is 0.398 e. The molecule has 60 valence electrons. The summed E-state index contributed by atoms with van der Waals surface area (Å²) in [6, 6.07) is 4.13. The fraction of sp³-hybridized carbons (Fsp3) is 0.333. The highest BCUT2D eigenvalue weighted by Gasteiger charge is 1.99. The number of hydrogen-bond donors (Lipinski definition) is 2. The van der Waals surface area contributed by atoms with Crippen LogP contribution in [-0.4, -0.2) is 0 Å². The van der Waals surface area contributed by atoms with Crippen molar-refractivity contribution in [1.82, 2.24) is 0 Å². The van der Waals surface area contributed by atoms with Crippen LogP contribution in [0.2, 0.25) is 0 Å². The van der Waals surface area contributed by atoms with Gasteiger partial charge < -0.3 is 5.73 Å². The Morgan fingerprint density at radius 2 is 2.09 bits per heavy atom. The number of hydrogen-bond acceptors (Lipinski definition) is 2. The Bertz CT molecular complexity index is 245. The van der Waals surface area contributed by atoms with Crippen molar-refractivity contribution in [3.8, 4) is 0 Å². The monoisotopic (exact) mass is 167 g/mol. The van der Waals surface area contributed by atoms with Crippen LogP contribution in [0.15, 0.2) is 17.0 Å². The highest BCUT2D eigenvalue weighted by Crippen LogP contribution is 2.22. The first-order chi connectivity index (χ1) is 5.15. The molecule has 0 heterocycles. The van der Waals surface area contributed by atoms with E-state index in [0.29, 0.717) is 0 Å². The molecular formula is C9H13NS. The molecule has 2 heteroatoms. The molecular weight excluding hydrogens is 154 g/mol. The number of anilines is 1. The molecule has 2 N–H and O–H groups in total. The number of aryl methyl sites for hydroxylation is 2. The quantitative estimate of drug-likeness (QED) is 0.487. The maximum absolute atomic E-state index is 5.73. The average Bonchev–Trinajstić information content (AvgIpc) is 1.99. The molecule has 0 fully saturated rings. The summed E-state index contributed by atoms with van der Waals surface area (Å²) < 4.78 is 0. The van der Waals surface area contributed by atoms with Crippen LogP contribution in [0.4, 0.5) is 5.69 Å². The molecule has 0 bridgehead atoms. The maximum Gasteiger partial charge on any atom is 0.0479 e. The van der Waals surface area contributed by atoms with Gasteiger partial charge in [0, 0.05) is 10.6 Å². The van der Waals surface area contributed by atoms with E-state index in [0.717, 1.165) is 22.6 Å². The third-order valence-corrected chi connectivity index (χ3v) is 2.20. The molecule has 0 saturated carbocycles. The lowest BCUT2D eigenvalue weighted by atomic mass is 10.1. The Morgan fingerprint density at radius 3 is 2.55 bits per heavy atom. The Kier molecular flexibility index (Phi) is 2.45. The summed E-state index contributed by atoms with van der Waals surface area (Å²) >= 11 is 4.27. The van der Waals surface area contributed by atoms with Gasteiger partial charge in [0.1, 0.15) is 0 Å². The van der Waals surface area contributed by atoms with Gasteiger partial charge in [-0.15, -0.1) is 12.6 Å². The summed E-state index contributed by atoms with van der Waals surface area (Å²) in [6.07, 6.45) is 1.04. The second-order valence-corrected chi connectivity index (χ2v) is 3.18. The third kappa shape index (κ3) is 1.69. The predicted octanol–water partition coefficient (Wildman–Crippen LogP) is 2.43. The van der Waals surface area contributed by atoms with Crippen LogP contribution < -0.4 is 5.73 Å². The van der Waals surface area contributed by atoms with Crippen molar-refractivity contribution in [2.24, 2.45) is 0 Å². The number of benzene rings is 1. The lowest BCUT2D eigenvalue weighted by molar-refractivity contribution is 1.11. The van der Waals surface area contributed by atoms with Crippen LogP contribution >= 0.6 is 12.6 Å². The van der Waals surface area contributed by atoms with E-state index in [9.17, 15) is 0 Å². The lowest BCUT2D eigenvalue weighted by Crippen LogP contribution is -1.93. The summed E-state index contributed by atoms with van der Waals surface area (Å²) in [5.74, 6) is 0. The Hall–Kier alpha value is -0.630. The molecule has 1 rings (SSSR count). The topological polar surface area (TPSA) is 26.0 Å². The van der Waals surface area contributed by atoms with Gasteiger partial charge in [-0.3, -0.25) is 0 Å². The van der Waals surface area contributed by atoms with Crippen LogP contribution in [0.3, 0.4) is 0 Å². The van der Waals surface area contributed by atoms with Crippen LogP contribution in [0.25, 0.3) is 0 Å². The van der Waals surface area contributed by atoms with Crippen molar-refractivity contribution in [2.75, 3.05) is 5.73 Å². The molecule has 0 spiro atoms. The Morgan fingerprint density at radius 1 is 1.45 bits per heavy atom. The zero-order valence-electron chi connectivity index (χ0n) is 6.89. The molecule has 0 aromatic heterocycles. The first-order valence-corrected chi connectivity index (χ1v) is 4.17. The van der Waals surface area contributed by atoms with Gasteiger partial charge >= 0.3 is 0 Å². The van der Waals surface area contributed by atoms with E-state index in [1.807, 2.05) is 13.0 Å². The van der Waals surface area contributed by atoms with Gasteiger partial charge in [-0.05, 0) is 30.5 Å². The van der Waals surface area contributed by atoms with Gasteiger partial charge in [0.2, 0.25) is 0 Å². The second kappa shape index (κ2) is 3.18. The average molecular weight is 167 g/mol. The van der Waals surface area contributed by atoms with Gasteiger partial charge in [-0.25, -0.2) is 0 Å². The van der Waals surface area contributed by atoms with Crippen molar-refractivity contribution >= 4 is 18.3 Å². The minimum atomic E-state index is 0.797. The zero-order chi connectivity index (χ0) is 8.43. The highest BCUT2D eigenvalue weighted by atomic mass is 32.1. The minimum Gasteiger partial charge on any atom is -0.398 e. The maximum atomic E-state index is 5.73. The SMILES string of the molecule is CCc1cc(C)c(N)c(S)c1. The molecule has 0 unspecified atom stereocenters. The molecule has 0 saturated heterocycles. The zero-order valence-corrected chi connectivity index (χ0v) is 7.78. The summed E-state index contributed by atoms with van der Waals surface area (Å²) in [4.78, 5) is 0.891. The highest BCUT2D eigenvalue weighted by molar-refractivity contribution is 7.80. The van der Waals surface area contributed by atoms with E-state index in [-0.39, 0.29) is 0 Å². The van der Waals surface area contributed by atoms with Crippen molar-refractivity contribution in [1.29, 1.82) is 0 Å². The summed E-state index contributed by atoms with van der Waals surface area (Å²) in [6.45, 7) is 4.13. The summed E-state index contributed by atoms with van der Waals surface area (Å²) in [5.41, 5.74) is 8.94. The standard InChI is InChI=1S/C9H13NS/c1-3-7-4-6(2)9(10)8(11)5-7/h4-5,11H,3,10H2,1-2H3. The van der Waals surface area contributed by atoms with E-state index in [4.69, 9.17) is 5.73 Å². The van der Waals surface area contributed by atoms with E-state index < -0.39 is 0 Å². The minimum absolute atomic E-state index is 0.797. The summed E-state index contributed by atoms with van der Waals surface area (Å²) in [5, 5.41) is 0. The van der Waals surface area contributed by atoms with Gasteiger partial charge in [0.05, 0.1) is 0 Å². The molecule has 0 amide bonds. The molecule has 1 nitrogen and oxygen atoms in total. The second-order valence-electron chi connectivity index (χ2n) is 2.70. The summed E-state index contributed by atoms with van der Waals surface area (Å²) in [7, 11) is 0. The predicted molar refractivity (Wildman–Crippen MR) is 52.2 cm³/mol. The smallest absolute Gasteiger partial charge is 0.0479 e. The molecule has 0 atom stereocenters. The van der Waals surface area contributed by atoms with Crippen molar-refractivity contribution in [2.45, 2.75) is 25.2 Å². The van der Waals surface area contributed by atoms with E-state index in [1.165, 1.54) is 5.56 Å². The molecule has 11 heavy (non-hydrogen) atoms. The van der Waals surface area contributed by atoms with E-state index >= 15 is 0 Å². The normalized spacial score (nSPS) is 10.1. The van der Waals surface area contributed by atoms with E-state index in [2.05, 4.69) is 25.6 Å². The van der Waals surface area contributed by atoms with Crippen LogP contribution in [0.1, 0.15) is 18.1 Å². The van der Waals surface area contributed by atoms with Crippen molar-refractivity contribution < 1.29 is 0 Å². The van der Waals surface area contributed by atoms with Gasteiger partial charge in [-0.2, -0.15) is 0 Å². The van der Waals surface area contributed by atoms with Crippen LogP contribution in [0, 0.1) is 6.92 Å². The van der Waals surface area contributed by atoms with Gasteiger partial charge in [0.15, 0.2) is 0 Å². The molecule has 1 aromatic carbocycles. The van der Waals surface area contributed by atoms with Gasteiger partial charge in [-0.1, -0.05) is 13.0 Å². The Balaban J connectivity index is 3.21. The number of rotatable bonds is 1. The van der Waals surface area contributed by atoms with Crippen LogP contribution in [-0.2, 0) is 6.42 Å². The number of thiol groups is 1. The fourth-order valence-corrected chi connectivity index (χ4v) is 1.40. The Labute approximate surface area is 73.0 Å². The number of nitrogen functional groups attached to an aromatic ring is 1. The fourth-order valence-electron chi connectivity index (χ4n) is 1.06. The molecule has 0 aliphatic carbocycles. The van der Waals surface area contributed by atoms with Crippen LogP contribution in [0.5, 0.6) is 0 Å². The van der Waals surface area contributed by atoms with E-state index in [1.54, 1.807) is 0 Å². The molecule has 1 aromatic rings. The van der Waals surface area contributed by atoms with Crippen molar-refractivity contribution in [3.05, 3.63) is 23.3 Å².